The second-order valence-corrected chi connectivity index (χ2v) is 10.7. The molecule has 0 saturated carbocycles. The number of carbonyl (C=O) groups is 1. The number of nitrogens with zero attached hydrogens (tertiary/aromatic N) is 4. The van der Waals surface area contributed by atoms with Gasteiger partial charge in [-0.2, -0.15) is 9.78 Å². The number of esters is 1. The molecule has 0 unspecified atom stereocenters. The summed E-state index contributed by atoms with van der Waals surface area (Å²) < 4.78 is 12.9. The van der Waals surface area contributed by atoms with E-state index in [4.69, 9.17) is 9.47 Å². The maximum absolute atomic E-state index is 13.4. The van der Waals surface area contributed by atoms with Gasteiger partial charge in [-0.05, 0) is 38.1 Å². The maximum atomic E-state index is 13.4. The van der Waals surface area contributed by atoms with Crippen molar-refractivity contribution < 1.29 is 19.2 Å². The summed E-state index contributed by atoms with van der Waals surface area (Å²) in [6.07, 6.45) is 0.150. The molecule has 1 atom stereocenters. The van der Waals surface area contributed by atoms with Gasteiger partial charge in [0, 0.05) is 26.0 Å². The van der Waals surface area contributed by atoms with E-state index in [1.54, 1.807) is 25.1 Å². The third-order valence-electron chi connectivity index (χ3n) is 4.96. The van der Waals surface area contributed by atoms with Gasteiger partial charge in [-0.1, -0.05) is 52.6 Å². The molecule has 0 amide bonds. The quantitative estimate of drug-likeness (QED) is 0.150. The molecular weight excluding hydrogens is 600 g/mol. The number of benzene rings is 2. The number of ether oxygens (including phenoxy) is 2. The standard InChI is InChI=1S/C24H24Br2N4O6/c1-6-35-22(32)13(2)36-20-14(9-16(26)11-19(20)30(33)34)12-27-29-21(31)17-10-15(25)7-8-18(17)28-23(29)24(3,4)5/h7-13H,6H2,1-5H3/t13-/m1/s1. The van der Waals surface area contributed by atoms with Crippen LogP contribution in [-0.4, -0.2) is 39.5 Å². The molecule has 12 heteroatoms. The maximum Gasteiger partial charge on any atom is 0.347 e. The van der Waals surface area contributed by atoms with Gasteiger partial charge in [0.1, 0.15) is 5.82 Å². The summed E-state index contributed by atoms with van der Waals surface area (Å²) in [5.41, 5.74) is -0.655. The molecule has 0 bridgehead atoms. The molecule has 3 rings (SSSR count). The van der Waals surface area contributed by atoms with E-state index in [2.05, 4.69) is 41.9 Å². The van der Waals surface area contributed by atoms with Crippen molar-refractivity contribution in [2.24, 2.45) is 5.10 Å². The fraction of sp³-hybridized carbons (Fsp3) is 0.333. The van der Waals surface area contributed by atoms with Crippen LogP contribution in [0.5, 0.6) is 5.75 Å². The van der Waals surface area contributed by atoms with Crippen LogP contribution in [0.25, 0.3) is 10.9 Å². The van der Waals surface area contributed by atoms with Gasteiger partial charge in [0.05, 0.1) is 28.6 Å². The SMILES string of the molecule is CCOC(=O)[C@@H](C)Oc1c(C=Nn2c(C(C)(C)C)nc3ccc(Br)cc3c2=O)cc(Br)cc1[N+](=O)[O-]. The number of rotatable bonds is 7. The number of nitro groups is 1. The van der Waals surface area contributed by atoms with Gasteiger partial charge < -0.3 is 9.47 Å². The topological polar surface area (TPSA) is 126 Å². The van der Waals surface area contributed by atoms with E-state index in [-0.39, 0.29) is 23.6 Å². The van der Waals surface area contributed by atoms with Gasteiger partial charge in [-0.25, -0.2) is 9.78 Å². The highest BCUT2D eigenvalue weighted by Crippen LogP contribution is 2.35. The highest BCUT2D eigenvalue weighted by Gasteiger charge is 2.27. The zero-order valence-corrected chi connectivity index (χ0v) is 23.4. The molecule has 0 fully saturated rings. The summed E-state index contributed by atoms with van der Waals surface area (Å²) >= 11 is 6.64. The second-order valence-electron chi connectivity index (χ2n) is 8.82. The summed E-state index contributed by atoms with van der Waals surface area (Å²) in [4.78, 5) is 41.3. The normalized spacial score (nSPS) is 12.6. The minimum atomic E-state index is -1.12. The van der Waals surface area contributed by atoms with Gasteiger partial charge in [-0.15, -0.1) is 0 Å². The number of halogens is 2. The van der Waals surface area contributed by atoms with Crippen LogP contribution in [0.2, 0.25) is 0 Å². The van der Waals surface area contributed by atoms with Crippen molar-refractivity contribution in [3.8, 4) is 5.75 Å². The van der Waals surface area contributed by atoms with Crippen molar-refractivity contribution in [2.45, 2.75) is 46.1 Å². The van der Waals surface area contributed by atoms with Gasteiger partial charge in [0.15, 0.2) is 6.10 Å². The van der Waals surface area contributed by atoms with Crippen molar-refractivity contribution in [1.29, 1.82) is 0 Å². The molecule has 10 nitrogen and oxygen atoms in total. The highest BCUT2D eigenvalue weighted by molar-refractivity contribution is 9.10. The van der Waals surface area contributed by atoms with Crippen molar-refractivity contribution in [2.75, 3.05) is 6.61 Å². The number of fused-ring (bicyclic) bond motifs is 1. The number of hydrogen-bond donors (Lipinski definition) is 0. The molecule has 3 aromatic rings. The molecule has 0 radical (unpaired) electrons. The van der Waals surface area contributed by atoms with E-state index >= 15 is 0 Å². The predicted octanol–water partition coefficient (Wildman–Crippen LogP) is 5.34. The number of nitro benzene ring substituents is 1. The Morgan fingerprint density at radius 3 is 2.56 bits per heavy atom. The molecule has 0 aliphatic heterocycles. The van der Waals surface area contributed by atoms with Crippen molar-refractivity contribution in [1.82, 2.24) is 9.66 Å². The average Bonchev–Trinajstić information content (AvgIpc) is 2.79. The summed E-state index contributed by atoms with van der Waals surface area (Å²) in [6.45, 7) is 8.89. The smallest absolute Gasteiger partial charge is 0.347 e. The largest absolute Gasteiger partial charge is 0.471 e. The third-order valence-corrected chi connectivity index (χ3v) is 5.92. The van der Waals surface area contributed by atoms with Gasteiger partial charge in [-0.3, -0.25) is 14.9 Å². The summed E-state index contributed by atoms with van der Waals surface area (Å²) in [7, 11) is 0. The van der Waals surface area contributed by atoms with Crippen molar-refractivity contribution in [3.63, 3.8) is 0 Å². The molecule has 0 aliphatic carbocycles. The molecule has 2 aromatic carbocycles. The van der Waals surface area contributed by atoms with Gasteiger partial charge in [0.25, 0.3) is 5.56 Å². The monoisotopic (exact) mass is 622 g/mol. The van der Waals surface area contributed by atoms with Gasteiger partial charge in [0.2, 0.25) is 5.75 Å². The number of carbonyl (C=O) groups excluding carboxylic acids is 1. The lowest BCUT2D eigenvalue weighted by Crippen LogP contribution is -2.29. The molecule has 1 aromatic heterocycles. The van der Waals surface area contributed by atoms with E-state index in [1.165, 1.54) is 29.9 Å². The molecule has 0 aliphatic rings. The fourth-order valence-electron chi connectivity index (χ4n) is 3.31. The lowest BCUT2D eigenvalue weighted by atomic mass is 9.95. The molecule has 36 heavy (non-hydrogen) atoms. The minimum Gasteiger partial charge on any atom is -0.471 e. The fourth-order valence-corrected chi connectivity index (χ4v) is 4.13. The van der Waals surface area contributed by atoms with Crippen LogP contribution in [0.3, 0.4) is 0 Å². The number of aromatic nitrogens is 2. The minimum absolute atomic E-state index is 0.132. The first-order valence-corrected chi connectivity index (χ1v) is 12.5. The van der Waals surface area contributed by atoms with E-state index in [0.29, 0.717) is 25.7 Å². The first-order chi connectivity index (χ1) is 16.8. The van der Waals surface area contributed by atoms with Crippen LogP contribution >= 0.6 is 31.9 Å². The lowest BCUT2D eigenvalue weighted by Gasteiger charge is -2.21. The third kappa shape index (κ3) is 5.98. The highest BCUT2D eigenvalue weighted by atomic mass is 79.9. The Kier molecular flexibility index (Phi) is 8.29. The van der Waals surface area contributed by atoms with E-state index in [9.17, 15) is 19.7 Å². The van der Waals surface area contributed by atoms with Crippen LogP contribution in [0, 0.1) is 10.1 Å². The molecule has 0 spiro atoms. The van der Waals surface area contributed by atoms with Crippen molar-refractivity contribution in [3.05, 3.63) is 71.1 Å². The first kappa shape index (κ1) is 27.5. The van der Waals surface area contributed by atoms with Crippen LogP contribution in [-0.2, 0) is 14.9 Å². The first-order valence-electron chi connectivity index (χ1n) is 10.9. The summed E-state index contributed by atoms with van der Waals surface area (Å²) in [5.74, 6) is -0.465. The Morgan fingerprint density at radius 1 is 1.25 bits per heavy atom. The van der Waals surface area contributed by atoms with Gasteiger partial charge >= 0.3 is 11.7 Å². The Labute approximate surface area is 223 Å². The molecule has 0 saturated heterocycles. The Balaban J connectivity index is 2.22. The average molecular weight is 624 g/mol. The van der Waals surface area contributed by atoms with Crippen molar-refractivity contribution >= 4 is 60.6 Å². The Morgan fingerprint density at radius 2 is 1.94 bits per heavy atom. The van der Waals surface area contributed by atoms with E-state index in [1.807, 2.05) is 20.8 Å². The lowest BCUT2D eigenvalue weighted by molar-refractivity contribution is -0.386. The van der Waals surface area contributed by atoms with Crippen LogP contribution in [0.15, 0.2) is 49.2 Å². The molecule has 1 heterocycles. The van der Waals surface area contributed by atoms with E-state index < -0.39 is 28.0 Å². The van der Waals surface area contributed by atoms with E-state index in [0.717, 1.165) is 0 Å². The van der Waals surface area contributed by atoms with Crippen LogP contribution in [0.4, 0.5) is 5.69 Å². The summed E-state index contributed by atoms with van der Waals surface area (Å²) in [6, 6.07) is 7.99. The second kappa shape index (κ2) is 10.9. The Bertz CT molecular complexity index is 1430. The molecular formula is C24H24Br2N4O6. The van der Waals surface area contributed by atoms with Crippen LogP contribution in [0.1, 0.15) is 46.0 Å². The zero-order chi connectivity index (χ0) is 26.8. The zero-order valence-electron chi connectivity index (χ0n) is 20.2. The van der Waals surface area contributed by atoms with Crippen LogP contribution < -0.4 is 10.3 Å². The molecule has 0 N–H and O–H groups in total. The Hall–Kier alpha value is -3.12. The molecule has 190 valence electrons. The number of hydrogen-bond acceptors (Lipinski definition) is 8. The predicted molar refractivity (Wildman–Crippen MR) is 143 cm³/mol. The summed E-state index contributed by atoms with van der Waals surface area (Å²) in [5, 5.41) is 16.5.